The SMILES string of the molecule is Nc1ccccc1NS(=O)(=O)CS(=O)(=O)Nc1ccccc1N. The second-order valence-corrected chi connectivity index (χ2v) is 8.54. The standard InChI is InChI=1S/C13H16N4O4S2/c14-10-5-1-3-7-12(10)16-22(18,19)9-23(20,21)17-13-8-4-2-6-11(13)15/h1-8,16-17H,9,14-15H2. The van der Waals surface area contributed by atoms with Gasteiger partial charge in [-0.25, -0.2) is 16.8 Å². The normalized spacial score (nSPS) is 11.8. The highest BCUT2D eigenvalue weighted by Crippen LogP contribution is 2.21. The molecule has 2 aromatic rings. The first-order chi connectivity index (χ1) is 10.7. The summed E-state index contributed by atoms with van der Waals surface area (Å²) >= 11 is 0. The van der Waals surface area contributed by atoms with Crippen molar-refractivity contribution in [3.8, 4) is 0 Å². The van der Waals surface area contributed by atoms with E-state index in [0.717, 1.165) is 0 Å². The minimum Gasteiger partial charge on any atom is -0.397 e. The number of rotatable bonds is 6. The van der Waals surface area contributed by atoms with Gasteiger partial charge in [0, 0.05) is 0 Å². The van der Waals surface area contributed by atoms with Crippen LogP contribution in [0.4, 0.5) is 22.7 Å². The van der Waals surface area contributed by atoms with Crippen LogP contribution in [-0.2, 0) is 20.0 Å². The second kappa shape index (κ2) is 6.34. The van der Waals surface area contributed by atoms with E-state index in [-0.39, 0.29) is 22.7 Å². The van der Waals surface area contributed by atoms with Gasteiger partial charge in [0.15, 0.2) is 5.08 Å². The fourth-order valence-electron chi connectivity index (χ4n) is 1.78. The van der Waals surface area contributed by atoms with Crippen LogP contribution >= 0.6 is 0 Å². The van der Waals surface area contributed by atoms with Crippen molar-refractivity contribution in [1.29, 1.82) is 0 Å². The molecule has 124 valence electrons. The highest BCUT2D eigenvalue weighted by atomic mass is 32.3. The maximum absolute atomic E-state index is 12.0. The first-order valence-corrected chi connectivity index (χ1v) is 9.69. The average molecular weight is 356 g/mol. The van der Waals surface area contributed by atoms with Crippen molar-refractivity contribution in [3.05, 3.63) is 48.5 Å². The number of para-hydroxylation sites is 4. The predicted molar refractivity (Wildman–Crippen MR) is 91.7 cm³/mol. The number of nitrogens with one attached hydrogen (secondary N) is 2. The molecule has 0 aliphatic rings. The Kier molecular flexibility index (Phi) is 4.66. The molecular weight excluding hydrogens is 340 g/mol. The Balaban J connectivity index is 2.16. The molecule has 0 atom stereocenters. The number of benzene rings is 2. The maximum atomic E-state index is 12.0. The van der Waals surface area contributed by atoms with Gasteiger partial charge in [0.1, 0.15) is 0 Å². The van der Waals surface area contributed by atoms with E-state index in [1.165, 1.54) is 24.3 Å². The Labute approximate surface area is 134 Å². The van der Waals surface area contributed by atoms with Crippen LogP contribution in [0.25, 0.3) is 0 Å². The van der Waals surface area contributed by atoms with Gasteiger partial charge in [-0.15, -0.1) is 0 Å². The van der Waals surface area contributed by atoms with Crippen LogP contribution in [0.3, 0.4) is 0 Å². The van der Waals surface area contributed by atoms with Crippen LogP contribution < -0.4 is 20.9 Å². The minimum atomic E-state index is -4.17. The molecule has 8 nitrogen and oxygen atoms in total. The molecule has 0 saturated heterocycles. The van der Waals surface area contributed by atoms with Crippen LogP contribution in [-0.4, -0.2) is 21.9 Å². The lowest BCUT2D eigenvalue weighted by Crippen LogP contribution is -2.28. The van der Waals surface area contributed by atoms with E-state index in [1.807, 2.05) is 0 Å². The molecule has 2 rings (SSSR count). The van der Waals surface area contributed by atoms with E-state index in [4.69, 9.17) is 11.5 Å². The van der Waals surface area contributed by atoms with Crippen molar-refractivity contribution in [1.82, 2.24) is 0 Å². The van der Waals surface area contributed by atoms with E-state index in [1.54, 1.807) is 24.3 Å². The largest absolute Gasteiger partial charge is 0.397 e. The van der Waals surface area contributed by atoms with E-state index in [0.29, 0.717) is 0 Å². The molecule has 0 fully saturated rings. The van der Waals surface area contributed by atoms with Crippen LogP contribution in [0.1, 0.15) is 0 Å². The molecule has 0 saturated carbocycles. The summed E-state index contributed by atoms with van der Waals surface area (Å²) in [7, 11) is -8.34. The van der Waals surface area contributed by atoms with Crippen molar-refractivity contribution in [2.45, 2.75) is 0 Å². The number of sulfonamides is 2. The number of hydrogen-bond acceptors (Lipinski definition) is 6. The van der Waals surface area contributed by atoms with E-state index >= 15 is 0 Å². The lowest BCUT2D eigenvalue weighted by molar-refractivity contribution is 0.594. The van der Waals surface area contributed by atoms with Gasteiger partial charge in [-0.1, -0.05) is 24.3 Å². The van der Waals surface area contributed by atoms with Crippen LogP contribution in [0.2, 0.25) is 0 Å². The summed E-state index contributed by atoms with van der Waals surface area (Å²) in [5.41, 5.74) is 11.9. The topological polar surface area (TPSA) is 144 Å². The highest BCUT2D eigenvalue weighted by molar-refractivity contribution is 8.09. The number of nitrogens with two attached hydrogens (primary N) is 2. The number of hydrogen-bond donors (Lipinski definition) is 4. The molecular formula is C13H16N4O4S2. The predicted octanol–water partition coefficient (Wildman–Crippen LogP) is 0.992. The number of nitrogen functional groups attached to an aromatic ring is 2. The molecule has 0 unspecified atom stereocenters. The molecule has 0 aromatic heterocycles. The van der Waals surface area contributed by atoms with Gasteiger partial charge in [-0.2, -0.15) is 0 Å². The zero-order valence-electron chi connectivity index (χ0n) is 11.9. The van der Waals surface area contributed by atoms with Gasteiger partial charge in [0.2, 0.25) is 20.0 Å². The molecule has 0 aliphatic heterocycles. The summed E-state index contributed by atoms with van der Waals surface area (Å²) in [5, 5.41) is -1.16. The van der Waals surface area contributed by atoms with Gasteiger partial charge in [-0.3, -0.25) is 9.44 Å². The fraction of sp³-hybridized carbons (Fsp3) is 0.0769. The molecule has 0 spiro atoms. The maximum Gasteiger partial charge on any atom is 0.249 e. The molecule has 0 bridgehead atoms. The van der Waals surface area contributed by atoms with Crippen molar-refractivity contribution >= 4 is 42.8 Å². The van der Waals surface area contributed by atoms with Crippen molar-refractivity contribution in [2.24, 2.45) is 0 Å². The van der Waals surface area contributed by atoms with Crippen molar-refractivity contribution in [2.75, 3.05) is 26.0 Å². The Bertz CT molecular complexity index is 836. The van der Waals surface area contributed by atoms with Gasteiger partial charge in [0.25, 0.3) is 0 Å². The first kappa shape index (κ1) is 16.9. The molecule has 2 aromatic carbocycles. The quantitative estimate of drug-likeness (QED) is 0.568. The van der Waals surface area contributed by atoms with Crippen molar-refractivity contribution < 1.29 is 16.8 Å². The summed E-state index contributed by atoms with van der Waals surface area (Å²) < 4.78 is 52.4. The number of anilines is 4. The Hall–Kier alpha value is -2.46. The van der Waals surface area contributed by atoms with Crippen LogP contribution in [0.5, 0.6) is 0 Å². The molecule has 0 aliphatic carbocycles. The summed E-state index contributed by atoms with van der Waals surface area (Å²) in [6, 6.07) is 12.3. The summed E-state index contributed by atoms with van der Waals surface area (Å²) in [4.78, 5) is 0. The van der Waals surface area contributed by atoms with Gasteiger partial charge >= 0.3 is 0 Å². The summed E-state index contributed by atoms with van der Waals surface area (Å²) in [6.45, 7) is 0. The van der Waals surface area contributed by atoms with Crippen molar-refractivity contribution in [3.63, 3.8) is 0 Å². The molecule has 0 heterocycles. The molecule has 0 radical (unpaired) electrons. The highest BCUT2D eigenvalue weighted by Gasteiger charge is 2.23. The third kappa shape index (κ3) is 4.76. The van der Waals surface area contributed by atoms with Gasteiger partial charge in [-0.05, 0) is 24.3 Å². The van der Waals surface area contributed by atoms with Crippen LogP contribution in [0, 0.1) is 0 Å². The monoisotopic (exact) mass is 356 g/mol. The minimum absolute atomic E-state index is 0.113. The lowest BCUT2D eigenvalue weighted by atomic mass is 10.3. The van der Waals surface area contributed by atoms with Crippen LogP contribution in [0.15, 0.2) is 48.5 Å². The third-order valence-corrected chi connectivity index (χ3v) is 6.31. The first-order valence-electron chi connectivity index (χ1n) is 6.38. The zero-order chi connectivity index (χ0) is 17.1. The third-order valence-electron chi connectivity index (χ3n) is 2.76. The fourth-order valence-corrected chi connectivity index (χ4v) is 4.93. The summed E-state index contributed by atoms with van der Waals surface area (Å²) in [6.07, 6.45) is 0. The molecule has 10 heteroatoms. The van der Waals surface area contributed by atoms with Gasteiger partial charge < -0.3 is 11.5 Å². The Morgan fingerprint density at radius 2 is 1.04 bits per heavy atom. The summed E-state index contributed by atoms with van der Waals surface area (Å²) in [5.74, 6) is 0. The van der Waals surface area contributed by atoms with E-state index in [9.17, 15) is 16.8 Å². The van der Waals surface area contributed by atoms with Gasteiger partial charge in [0.05, 0.1) is 22.7 Å². The lowest BCUT2D eigenvalue weighted by Gasteiger charge is -2.12. The van der Waals surface area contributed by atoms with E-state index < -0.39 is 25.1 Å². The smallest absolute Gasteiger partial charge is 0.249 e. The molecule has 0 amide bonds. The second-order valence-electron chi connectivity index (χ2n) is 4.73. The average Bonchev–Trinajstić information content (AvgIpc) is 2.42. The molecule has 23 heavy (non-hydrogen) atoms. The zero-order valence-corrected chi connectivity index (χ0v) is 13.6. The molecule has 6 N–H and O–H groups in total. The Morgan fingerprint density at radius 1 is 0.696 bits per heavy atom. The Morgan fingerprint density at radius 3 is 1.39 bits per heavy atom. The van der Waals surface area contributed by atoms with E-state index in [2.05, 4.69) is 9.44 Å².